The lowest BCUT2D eigenvalue weighted by molar-refractivity contribution is -0.0316. The zero-order valence-corrected chi connectivity index (χ0v) is 13.2. The van der Waals surface area contributed by atoms with Crippen molar-refractivity contribution < 1.29 is 4.74 Å². The Labute approximate surface area is 122 Å². The maximum Gasteiger partial charge on any atom is 0.109 e. The van der Waals surface area contributed by atoms with Gasteiger partial charge >= 0.3 is 0 Å². The highest BCUT2D eigenvalue weighted by Crippen LogP contribution is 2.26. The molecule has 0 amide bonds. The van der Waals surface area contributed by atoms with Crippen molar-refractivity contribution in [3.05, 3.63) is 18.2 Å². The molecule has 2 heterocycles. The van der Waals surface area contributed by atoms with Crippen molar-refractivity contribution in [3.8, 4) is 0 Å². The predicted molar refractivity (Wildman–Crippen MR) is 80.8 cm³/mol. The van der Waals surface area contributed by atoms with Crippen molar-refractivity contribution in [2.75, 3.05) is 33.4 Å². The van der Waals surface area contributed by atoms with Crippen molar-refractivity contribution in [3.63, 3.8) is 0 Å². The largest absolute Gasteiger partial charge is 0.379 e. The SMILES string of the molecule is CCC(C)(C(Cc1nccn1C)NC)N1CCOCC1. The standard InChI is InChI=1S/C15H28N4O/c1-5-15(2,19-8-10-20-11-9-19)13(16-3)12-14-17-6-7-18(14)4/h6-7,13,16H,5,8-12H2,1-4H3. The highest BCUT2D eigenvalue weighted by molar-refractivity contribution is 5.03. The molecular weight excluding hydrogens is 252 g/mol. The Balaban J connectivity index is 2.15. The second-order valence-corrected chi connectivity index (χ2v) is 5.81. The van der Waals surface area contributed by atoms with Crippen LogP contribution in [0.5, 0.6) is 0 Å². The van der Waals surface area contributed by atoms with Gasteiger partial charge in [-0.15, -0.1) is 0 Å². The molecule has 0 aromatic carbocycles. The van der Waals surface area contributed by atoms with Crippen molar-refractivity contribution in [1.29, 1.82) is 0 Å². The zero-order chi connectivity index (χ0) is 14.6. The average Bonchev–Trinajstić information content (AvgIpc) is 2.90. The number of ether oxygens (including phenoxy) is 1. The summed E-state index contributed by atoms with van der Waals surface area (Å²) in [6.07, 6.45) is 5.95. The number of hydrogen-bond acceptors (Lipinski definition) is 4. The Hall–Kier alpha value is -0.910. The first kappa shape index (κ1) is 15.5. The Bertz CT molecular complexity index is 414. The third-order valence-corrected chi connectivity index (χ3v) is 4.86. The summed E-state index contributed by atoms with van der Waals surface area (Å²) in [7, 11) is 4.12. The van der Waals surface area contributed by atoms with E-state index in [0.29, 0.717) is 6.04 Å². The maximum atomic E-state index is 5.50. The Morgan fingerprint density at radius 1 is 1.45 bits per heavy atom. The molecule has 114 valence electrons. The molecule has 2 rings (SSSR count). The lowest BCUT2D eigenvalue weighted by Crippen LogP contribution is -2.62. The van der Waals surface area contributed by atoms with Crippen LogP contribution in [0.3, 0.4) is 0 Å². The van der Waals surface area contributed by atoms with Gasteiger partial charge in [0.15, 0.2) is 0 Å². The molecule has 5 heteroatoms. The van der Waals surface area contributed by atoms with Crippen molar-refractivity contribution in [1.82, 2.24) is 19.8 Å². The summed E-state index contributed by atoms with van der Waals surface area (Å²) in [6.45, 7) is 8.36. The molecule has 1 aromatic rings. The highest BCUT2D eigenvalue weighted by atomic mass is 16.5. The summed E-state index contributed by atoms with van der Waals surface area (Å²) in [5.41, 5.74) is 0.129. The molecule has 2 unspecified atom stereocenters. The number of nitrogens with zero attached hydrogens (tertiary/aromatic N) is 3. The molecule has 2 atom stereocenters. The minimum Gasteiger partial charge on any atom is -0.379 e. The third kappa shape index (κ3) is 3.05. The number of hydrogen-bond donors (Lipinski definition) is 1. The Kier molecular flexibility index (Phi) is 5.18. The minimum absolute atomic E-state index is 0.129. The molecule has 0 spiro atoms. The predicted octanol–water partition coefficient (Wildman–Crippen LogP) is 1.05. The molecule has 0 aliphatic carbocycles. The average molecular weight is 280 g/mol. The first-order chi connectivity index (χ1) is 9.61. The van der Waals surface area contributed by atoms with Gasteiger partial charge in [-0.1, -0.05) is 6.92 Å². The maximum absolute atomic E-state index is 5.50. The Morgan fingerprint density at radius 2 is 2.15 bits per heavy atom. The number of rotatable bonds is 6. The van der Waals surface area contributed by atoms with Crippen LogP contribution in [0.2, 0.25) is 0 Å². The third-order valence-electron chi connectivity index (χ3n) is 4.86. The number of aryl methyl sites for hydroxylation is 1. The summed E-state index contributed by atoms with van der Waals surface area (Å²) in [6, 6.07) is 0.381. The summed E-state index contributed by atoms with van der Waals surface area (Å²) in [4.78, 5) is 7.05. The van der Waals surface area contributed by atoms with Crippen molar-refractivity contribution in [2.24, 2.45) is 7.05 Å². The van der Waals surface area contributed by atoms with Gasteiger partial charge in [-0.05, 0) is 20.4 Å². The van der Waals surface area contributed by atoms with Crippen molar-refractivity contribution >= 4 is 0 Å². The molecule has 0 saturated carbocycles. The summed E-state index contributed by atoms with van der Waals surface area (Å²) < 4.78 is 7.61. The second-order valence-electron chi connectivity index (χ2n) is 5.81. The lowest BCUT2D eigenvalue weighted by atomic mass is 9.84. The molecular formula is C15H28N4O. The lowest BCUT2D eigenvalue weighted by Gasteiger charge is -2.47. The molecule has 20 heavy (non-hydrogen) atoms. The number of imidazole rings is 1. The number of morpholine rings is 1. The molecule has 1 saturated heterocycles. The fraction of sp³-hybridized carbons (Fsp3) is 0.800. The van der Waals surface area contributed by atoms with Gasteiger partial charge in [0.1, 0.15) is 5.82 Å². The molecule has 1 aliphatic rings. The van der Waals surface area contributed by atoms with Crippen LogP contribution in [0.25, 0.3) is 0 Å². The van der Waals surface area contributed by atoms with Crippen LogP contribution >= 0.6 is 0 Å². The monoisotopic (exact) mass is 280 g/mol. The van der Waals surface area contributed by atoms with E-state index in [1.54, 1.807) is 0 Å². The van der Waals surface area contributed by atoms with E-state index in [4.69, 9.17) is 4.74 Å². The summed E-state index contributed by atoms with van der Waals surface area (Å²) in [5.74, 6) is 1.14. The van der Waals surface area contributed by atoms with E-state index in [1.165, 1.54) is 0 Å². The Morgan fingerprint density at radius 3 is 2.65 bits per heavy atom. The van der Waals surface area contributed by atoms with Gasteiger partial charge in [0.25, 0.3) is 0 Å². The van der Waals surface area contributed by atoms with Gasteiger partial charge in [-0.2, -0.15) is 0 Å². The van der Waals surface area contributed by atoms with Gasteiger partial charge in [0.05, 0.1) is 13.2 Å². The molecule has 1 aliphatic heterocycles. The van der Waals surface area contributed by atoms with Crippen LogP contribution in [0, 0.1) is 0 Å². The van der Waals surface area contributed by atoms with E-state index < -0.39 is 0 Å². The summed E-state index contributed by atoms with van der Waals surface area (Å²) in [5, 5.41) is 3.52. The van der Waals surface area contributed by atoms with Gasteiger partial charge in [0.2, 0.25) is 0 Å². The first-order valence-corrected chi connectivity index (χ1v) is 7.58. The van der Waals surface area contributed by atoms with Crippen LogP contribution in [0.15, 0.2) is 12.4 Å². The summed E-state index contributed by atoms with van der Waals surface area (Å²) >= 11 is 0. The van der Waals surface area contributed by atoms with Gasteiger partial charge in [0, 0.05) is 50.5 Å². The highest BCUT2D eigenvalue weighted by Gasteiger charge is 2.38. The number of likely N-dealkylation sites (N-methyl/N-ethyl adjacent to an activating group) is 1. The molecule has 0 radical (unpaired) electrons. The van der Waals surface area contributed by atoms with E-state index in [2.05, 4.69) is 47.7 Å². The number of aromatic nitrogens is 2. The zero-order valence-electron chi connectivity index (χ0n) is 13.2. The molecule has 5 nitrogen and oxygen atoms in total. The quantitative estimate of drug-likeness (QED) is 0.846. The van der Waals surface area contributed by atoms with Gasteiger partial charge < -0.3 is 14.6 Å². The fourth-order valence-electron chi connectivity index (χ4n) is 3.17. The van der Waals surface area contributed by atoms with Gasteiger partial charge in [-0.25, -0.2) is 4.98 Å². The molecule has 0 bridgehead atoms. The van der Waals surface area contributed by atoms with E-state index in [0.717, 1.165) is 45.0 Å². The fourth-order valence-corrected chi connectivity index (χ4v) is 3.17. The second kappa shape index (κ2) is 6.70. The first-order valence-electron chi connectivity index (χ1n) is 7.58. The van der Waals surface area contributed by atoms with Crippen LogP contribution in [-0.4, -0.2) is 59.4 Å². The topological polar surface area (TPSA) is 42.3 Å². The van der Waals surface area contributed by atoms with E-state index >= 15 is 0 Å². The smallest absolute Gasteiger partial charge is 0.109 e. The normalized spacial score (nSPS) is 21.6. The number of nitrogens with one attached hydrogen (secondary N) is 1. The van der Waals surface area contributed by atoms with Gasteiger partial charge in [-0.3, -0.25) is 4.90 Å². The van der Waals surface area contributed by atoms with Crippen LogP contribution in [0.1, 0.15) is 26.1 Å². The molecule has 1 N–H and O–H groups in total. The van der Waals surface area contributed by atoms with Crippen LogP contribution < -0.4 is 5.32 Å². The molecule has 1 fully saturated rings. The van der Waals surface area contributed by atoms with E-state index in [-0.39, 0.29) is 5.54 Å². The minimum atomic E-state index is 0.129. The molecule has 1 aromatic heterocycles. The van der Waals surface area contributed by atoms with Crippen LogP contribution in [0.4, 0.5) is 0 Å². The van der Waals surface area contributed by atoms with E-state index in [9.17, 15) is 0 Å². The van der Waals surface area contributed by atoms with Crippen molar-refractivity contribution in [2.45, 2.75) is 38.3 Å². The van der Waals surface area contributed by atoms with Crippen LogP contribution in [-0.2, 0) is 18.2 Å². The van der Waals surface area contributed by atoms with E-state index in [1.807, 2.05) is 12.4 Å².